The molecule has 2 rings (SSSR count). The number of nitrogen functional groups attached to an aromatic ring is 1. The van der Waals surface area contributed by atoms with Crippen molar-refractivity contribution in [1.82, 2.24) is 9.97 Å². The van der Waals surface area contributed by atoms with E-state index < -0.39 is 0 Å². The summed E-state index contributed by atoms with van der Waals surface area (Å²) in [5.41, 5.74) is 7.96. The van der Waals surface area contributed by atoms with Crippen molar-refractivity contribution in [3.63, 3.8) is 0 Å². The van der Waals surface area contributed by atoms with Crippen molar-refractivity contribution < 1.29 is 5.11 Å². The predicted octanol–water partition coefficient (Wildman–Crippen LogP) is 3.55. The molecule has 0 aliphatic carbocycles. The first kappa shape index (κ1) is 17.5. The maximum Gasteiger partial charge on any atom is 0.222 e. The number of anilines is 2. The standard InChI is InChI=1S/C18H28N4O/c1-4-5-13(8-9-23)11-20-17-15-10-14(12(2)3)6-7-16(15)21-18(19)22-17/h6-7,10,12-13,23H,4-5,8-9,11H2,1-3H3,(H3,19,20,21,22)/t13-/m0/s1. The minimum Gasteiger partial charge on any atom is -0.396 e. The van der Waals surface area contributed by atoms with E-state index in [0.717, 1.165) is 42.5 Å². The van der Waals surface area contributed by atoms with Gasteiger partial charge in [0.1, 0.15) is 5.82 Å². The summed E-state index contributed by atoms with van der Waals surface area (Å²) in [6.07, 6.45) is 3.00. The molecule has 5 nitrogen and oxygen atoms in total. The van der Waals surface area contributed by atoms with Crippen LogP contribution >= 0.6 is 0 Å². The zero-order chi connectivity index (χ0) is 16.8. The first-order valence-corrected chi connectivity index (χ1v) is 8.47. The summed E-state index contributed by atoms with van der Waals surface area (Å²) in [6.45, 7) is 7.51. The molecule has 0 radical (unpaired) electrons. The van der Waals surface area contributed by atoms with Crippen molar-refractivity contribution >= 4 is 22.7 Å². The van der Waals surface area contributed by atoms with E-state index in [2.05, 4.69) is 48.2 Å². The summed E-state index contributed by atoms with van der Waals surface area (Å²) >= 11 is 0. The molecule has 0 amide bonds. The fraction of sp³-hybridized carbons (Fsp3) is 0.556. The molecule has 126 valence electrons. The van der Waals surface area contributed by atoms with Crippen LogP contribution < -0.4 is 11.1 Å². The number of aliphatic hydroxyl groups is 1. The lowest BCUT2D eigenvalue weighted by Crippen LogP contribution is -2.17. The molecule has 1 atom stereocenters. The Kier molecular flexibility index (Phi) is 6.16. The van der Waals surface area contributed by atoms with E-state index in [-0.39, 0.29) is 12.6 Å². The minimum absolute atomic E-state index is 0.219. The first-order chi connectivity index (χ1) is 11.0. The molecule has 0 bridgehead atoms. The predicted molar refractivity (Wildman–Crippen MR) is 96.6 cm³/mol. The van der Waals surface area contributed by atoms with Crippen LogP contribution in [0.4, 0.5) is 11.8 Å². The molecule has 4 N–H and O–H groups in total. The van der Waals surface area contributed by atoms with E-state index in [4.69, 9.17) is 5.73 Å². The van der Waals surface area contributed by atoms with Gasteiger partial charge in [-0.1, -0.05) is 33.3 Å². The largest absolute Gasteiger partial charge is 0.396 e. The summed E-state index contributed by atoms with van der Waals surface area (Å²) in [5, 5.41) is 13.6. The van der Waals surface area contributed by atoms with Gasteiger partial charge in [0.05, 0.1) is 5.52 Å². The monoisotopic (exact) mass is 316 g/mol. The number of nitrogens with zero attached hydrogens (tertiary/aromatic N) is 2. The average Bonchev–Trinajstić information content (AvgIpc) is 2.52. The molecular formula is C18H28N4O. The number of hydrogen-bond donors (Lipinski definition) is 3. The Bertz CT molecular complexity index is 636. The highest BCUT2D eigenvalue weighted by Gasteiger charge is 2.12. The van der Waals surface area contributed by atoms with Gasteiger partial charge in [-0.3, -0.25) is 0 Å². The lowest BCUT2D eigenvalue weighted by molar-refractivity contribution is 0.255. The number of hydrogen-bond acceptors (Lipinski definition) is 5. The molecule has 0 saturated heterocycles. The summed E-state index contributed by atoms with van der Waals surface area (Å²) in [6, 6.07) is 6.24. The Morgan fingerprint density at radius 2 is 2.00 bits per heavy atom. The van der Waals surface area contributed by atoms with Crippen molar-refractivity contribution in [2.75, 3.05) is 24.2 Å². The Hall–Kier alpha value is -1.88. The molecule has 0 aliphatic heterocycles. The van der Waals surface area contributed by atoms with Crippen molar-refractivity contribution in [3.8, 4) is 0 Å². The van der Waals surface area contributed by atoms with Crippen LogP contribution in [-0.4, -0.2) is 28.2 Å². The maximum absolute atomic E-state index is 9.20. The van der Waals surface area contributed by atoms with E-state index in [1.54, 1.807) is 0 Å². The highest BCUT2D eigenvalue weighted by molar-refractivity contribution is 5.90. The fourth-order valence-corrected chi connectivity index (χ4v) is 2.84. The van der Waals surface area contributed by atoms with E-state index in [9.17, 15) is 5.11 Å². The Morgan fingerprint density at radius 3 is 2.65 bits per heavy atom. The highest BCUT2D eigenvalue weighted by atomic mass is 16.3. The van der Waals surface area contributed by atoms with Crippen molar-refractivity contribution in [2.45, 2.75) is 46.0 Å². The third-order valence-corrected chi connectivity index (χ3v) is 4.20. The van der Waals surface area contributed by atoms with Crippen molar-refractivity contribution in [2.24, 2.45) is 5.92 Å². The van der Waals surface area contributed by atoms with Crippen LogP contribution in [0.2, 0.25) is 0 Å². The third-order valence-electron chi connectivity index (χ3n) is 4.20. The van der Waals surface area contributed by atoms with Gasteiger partial charge in [-0.05, 0) is 42.4 Å². The van der Waals surface area contributed by atoms with Crippen molar-refractivity contribution in [1.29, 1.82) is 0 Å². The number of benzene rings is 1. The van der Waals surface area contributed by atoms with E-state index in [0.29, 0.717) is 11.8 Å². The van der Waals surface area contributed by atoms with Gasteiger partial charge in [-0.2, -0.15) is 4.98 Å². The van der Waals surface area contributed by atoms with E-state index >= 15 is 0 Å². The van der Waals surface area contributed by atoms with Gasteiger partial charge in [0.25, 0.3) is 0 Å². The van der Waals surface area contributed by atoms with Crippen LogP contribution in [0.15, 0.2) is 18.2 Å². The Labute approximate surface area is 138 Å². The number of rotatable bonds is 8. The first-order valence-electron chi connectivity index (χ1n) is 8.47. The lowest BCUT2D eigenvalue weighted by Gasteiger charge is -2.17. The summed E-state index contributed by atoms with van der Waals surface area (Å²) in [5.74, 6) is 1.96. The lowest BCUT2D eigenvalue weighted by atomic mass is 9.99. The maximum atomic E-state index is 9.20. The van der Waals surface area contributed by atoms with Gasteiger partial charge in [0, 0.05) is 18.5 Å². The summed E-state index contributed by atoms with van der Waals surface area (Å²) in [4.78, 5) is 8.71. The molecule has 0 fully saturated rings. The van der Waals surface area contributed by atoms with Crippen LogP contribution in [0, 0.1) is 5.92 Å². The summed E-state index contributed by atoms with van der Waals surface area (Å²) in [7, 11) is 0. The number of aromatic nitrogens is 2. The van der Waals surface area contributed by atoms with E-state index in [1.165, 1.54) is 5.56 Å². The Morgan fingerprint density at radius 1 is 1.22 bits per heavy atom. The van der Waals surface area contributed by atoms with Crippen LogP contribution in [0.1, 0.15) is 51.5 Å². The van der Waals surface area contributed by atoms with Crippen LogP contribution in [0.25, 0.3) is 10.9 Å². The smallest absolute Gasteiger partial charge is 0.222 e. The second-order valence-electron chi connectivity index (χ2n) is 6.41. The second kappa shape index (κ2) is 8.11. The molecule has 0 unspecified atom stereocenters. The molecule has 0 aliphatic rings. The number of fused-ring (bicyclic) bond motifs is 1. The molecule has 0 saturated carbocycles. The highest BCUT2D eigenvalue weighted by Crippen LogP contribution is 2.26. The minimum atomic E-state index is 0.219. The molecule has 23 heavy (non-hydrogen) atoms. The molecular weight excluding hydrogens is 288 g/mol. The van der Waals surface area contributed by atoms with Crippen LogP contribution in [0.5, 0.6) is 0 Å². The third kappa shape index (κ3) is 4.55. The van der Waals surface area contributed by atoms with Gasteiger partial charge in [-0.15, -0.1) is 0 Å². The molecule has 1 aromatic heterocycles. The number of nitrogens with one attached hydrogen (secondary N) is 1. The molecule has 2 aromatic rings. The quantitative estimate of drug-likeness (QED) is 0.693. The average molecular weight is 316 g/mol. The van der Waals surface area contributed by atoms with E-state index in [1.807, 2.05) is 6.07 Å². The molecule has 0 spiro atoms. The fourth-order valence-electron chi connectivity index (χ4n) is 2.84. The van der Waals surface area contributed by atoms with Crippen molar-refractivity contribution in [3.05, 3.63) is 23.8 Å². The topological polar surface area (TPSA) is 84.1 Å². The Balaban J connectivity index is 2.28. The van der Waals surface area contributed by atoms with Gasteiger partial charge in [-0.25, -0.2) is 4.98 Å². The summed E-state index contributed by atoms with van der Waals surface area (Å²) < 4.78 is 0. The second-order valence-corrected chi connectivity index (χ2v) is 6.41. The SMILES string of the molecule is CCC[C@@H](CCO)CNc1nc(N)nc2ccc(C(C)C)cc12. The normalized spacial score (nSPS) is 12.7. The zero-order valence-electron chi connectivity index (χ0n) is 14.3. The number of aliphatic hydroxyl groups excluding tert-OH is 1. The van der Waals surface area contributed by atoms with Crippen LogP contribution in [-0.2, 0) is 0 Å². The number of nitrogens with two attached hydrogens (primary N) is 1. The zero-order valence-corrected chi connectivity index (χ0v) is 14.3. The van der Waals surface area contributed by atoms with Gasteiger partial charge in [0.15, 0.2) is 0 Å². The van der Waals surface area contributed by atoms with Gasteiger partial charge in [0.2, 0.25) is 5.95 Å². The van der Waals surface area contributed by atoms with Gasteiger partial charge >= 0.3 is 0 Å². The molecule has 1 aromatic carbocycles. The van der Waals surface area contributed by atoms with Crippen LogP contribution in [0.3, 0.4) is 0 Å². The molecule has 5 heteroatoms. The van der Waals surface area contributed by atoms with Gasteiger partial charge < -0.3 is 16.2 Å². The molecule has 1 heterocycles.